The molecule has 2 aromatic rings. The first-order valence-corrected chi connectivity index (χ1v) is 6.51. The van der Waals surface area contributed by atoms with Crippen molar-refractivity contribution in [3.8, 4) is 0 Å². The molecule has 1 heterocycles. The van der Waals surface area contributed by atoms with Crippen molar-refractivity contribution in [1.29, 1.82) is 0 Å². The van der Waals surface area contributed by atoms with Gasteiger partial charge in [-0.15, -0.1) is 0 Å². The molecule has 1 aromatic heterocycles. The Morgan fingerprint density at radius 3 is 2.83 bits per heavy atom. The monoisotopic (exact) mass is 259 g/mol. The van der Waals surface area contributed by atoms with Crippen molar-refractivity contribution in [3.63, 3.8) is 0 Å². The van der Waals surface area contributed by atoms with E-state index in [1.165, 1.54) is 11.1 Å². The van der Waals surface area contributed by atoms with Gasteiger partial charge in [-0.05, 0) is 48.1 Å². The van der Waals surface area contributed by atoms with Gasteiger partial charge in [0.1, 0.15) is 5.82 Å². The maximum absolute atomic E-state index is 5.78. The van der Waals surface area contributed by atoms with Gasteiger partial charge in [0.15, 0.2) is 0 Å². The summed E-state index contributed by atoms with van der Waals surface area (Å²) in [7, 11) is 0. The Morgan fingerprint density at radius 1 is 1.17 bits per heavy atom. The topological polar surface area (TPSA) is 37.8 Å². The van der Waals surface area contributed by atoms with Crippen LogP contribution in [0.15, 0.2) is 36.5 Å². The highest BCUT2D eigenvalue weighted by atomic mass is 35.5. The quantitative estimate of drug-likeness (QED) is 0.843. The number of fused-ring (bicyclic) bond motifs is 1. The van der Waals surface area contributed by atoms with Crippen LogP contribution in [0, 0.1) is 0 Å². The summed E-state index contributed by atoms with van der Waals surface area (Å²) < 4.78 is 0. The third-order valence-corrected chi connectivity index (χ3v) is 3.51. The lowest BCUT2D eigenvalue weighted by atomic mass is 9.88. The molecule has 0 saturated heterocycles. The van der Waals surface area contributed by atoms with Gasteiger partial charge in [0.2, 0.25) is 5.28 Å². The van der Waals surface area contributed by atoms with Crippen molar-refractivity contribution in [2.75, 3.05) is 5.32 Å². The SMILES string of the molecule is Clc1nccc(NC2CCc3ccccc3C2)n1. The lowest BCUT2D eigenvalue weighted by Crippen LogP contribution is -2.27. The molecule has 1 aliphatic rings. The molecule has 0 radical (unpaired) electrons. The first-order valence-electron chi connectivity index (χ1n) is 6.13. The summed E-state index contributed by atoms with van der Waals surface area (Å²) in [5.41, 5.74) is 2.90. The summed E-state index contributed by atoms with van der Waals surface area (Å²) in [6, 6.07) is 10.9. The van der Waals surface area contributed by atoms with E-state index in [-0.39, 0.29) is 5.28 Å². The first-order chi connectivity index (χ1) is 8.81. The van der Waals surface area contributed by atoms with Crippen LogP contribution in [-0.2, 0) is 12.8 Å². The van der Waals surface area contributed by atoms with Crippen molar-refractivity contribution in [3.05, 3.63) is 52.9 Å². The smallest absolute Gasteiger partial charge is 0.224 e. The highest BCUT2D eigenvalue weighted by Crippen LogP contribution is 2.23. The van der Waals surface area contributed by atoms with Gasteiger partial charge in [0.25, 0.3) is 0 Å². The van der Waals surface area contributed by atoms with E-state index in [1.54, 1.807) is 6.20 Å². The average molecular weight is 260 g/mol. The van der Waals surface area contributed by atoms with E-state index in [0.29, 0.717) is 6.04 Å². The van der Waals surface area contributed by atoms with E-state index in [4.69, 9.17) is 11.6 Å². The van der Waals surface area contributed by atoms with E-state index in [1.807, 2.05) is 6.07 Å². The number of aromatic nitrogens is 2. The molecule has 1 aromatic carbocycles. The minimum atomic E-state index is 0.288. The molecule has 1 N–H and O–H groups in total. The number of hydrogen-bond acceptors (Lipinski definition) is 3. The second kappa shape index (κ2) is 4.94. The van der Waals surface area contributed by atoms with Crippen molar-refractivity contribution in [1.82, 2.24) is 9.97 Å². The Labute approximate surface area is 111 Å². The van der Waals surface area contributed by atoms with Gasteiger partial charge < -0.3 is 5.32 Å². The molecule has 1 atom stereocenters. The summed E-state index contributed by atoms with van der Waals surface area (Å²) in [5, 5.41) is 3.72. The van der Waals surface area contributed by atoms with E-state index in [9.17, 15) is 0 Å². The third kappa shape index (κ3) is 2.46. The number of nitrogens with zero attached hydrogens (tertiary/aromatic N) is 2. The molecular formula is C14H14ClN3. The molecule has 0 fully saturated rings. The van der Waals surface area contributed by atoms with Gasteiger partial charge >= 0.3 is 0 Å². The number of hydrogen-bond donors (Lipinski definition) is 1. The van der Waals surface area contributed by atoms with Crippen LogP contribution in [0.2, 0.25) is 5.28 Å². The van der Waals surface area contributed by atoms with E-state index >= 15 is 0 Å². The van der Waals surface area contributed by atoms with Crippen LogP contribution >= 0.6 is 11.6 Å². The number of halogens is 1. The van der Waals surface area contributed by atoms with Gasteiger partial charge in [-0.2, -0.15) is 0 Å². The van der Waals surface area contributed by atoms with Crippen molar-refractivity contribution in [2.24, 2.45) is 0 Å². The highest BCUT2D eigenvalue weighted by Gasteiger charge is 2.18. The predicted molar refractivity (Wildman–Crippen MR) is 72.9 cm³/mol. The van der Waals surface area contributed by atoms with Crippen LogP contribution in [-0.4, -0.2) is 16.0 Å². The summed E-state index contributed by atoms with van der Waals surface area (Å²) >= 11 is 5.78. The maximum Gasteiger partial charge on any atom is 0.224 e. The van der Waals surface area contributed by atoms with Crippen LogP contribution in [0.25, 0.3) is 0 Å². The fraction of sp³-hybridized carbons (Fsp3) is 0.286. The van der Waals surface area contributed by atoms with Crippen molar-refractivity contribution < 1.29 is 0 Å². The number of benzene rings is 1. The Morgan fingerprint density at radius 2 is 2.00 bits per heavy atom. The zero-order valence-corrected chi connectivity index (χ0v) is 10.7. The van der Waals surface area contributed by atoms with Crippen LogP contribution in [0.1, 0.15) is 17.5 Å². The van der Waals surface area contributed by atoms with E-state index in [2.05, 4.69) is 39.6 Å². The molecule has 3 rings (SSSR count). The third-order valence-electron chi connectivity index (χ3n) is 3.33. The number of anilines is 1. The molecule has 18 heavy (non-hydrogen) atoms. The first kappa shape index (κ1) is 11.5. The molecule has 1 aliphatic carbocycles. The Kier molecular flexibility index (Phi) is 3.15. The second-order valence-corrected chi connectivity index (χ2v) is 4.90. The molecule has 0 bridgehead atoms. The molecule has 92 valence electrons. The zero-order chi connectivity index (χ0) is 12.4. The number of rotatable bonds is 2. The molecular weight excluding hydrogens is 246 g/mol. The fourth-order valence-corrected chi connectivity index (χ4v) is 2.59. The van der Waals surface area contributed by atoms with Gasteiger partial charge in [0, 0.05) is 12.2 Å². The van der Waals surface area contributed by atoms with Crippen LogP contribution in [0.5, 0.6) is 0 Å². The van der Waals surface area contributed by atoms with Crippen molar-refractivity contribution in [2.45, 2.75) is 25.3 Å². The second-order valence-electron chi connectivity index (χ2n) is 4.56. The molecule has 0 amide bonds. The minimum Gasteiger partial charge on any atom is -0.367 e. The van der Waals surface area contributed by atoms with Crippen LogP contribution in [0.3, 0.4) is 0 Å². The number of nitrogens with one attached hydrogen (secondary N) is 1. The van der Waals surface area contributed by atoms with Gasteiger partial charge in [-0.3, -0.25) is 0 Å². The normalized spacial score (nSPS) is 18.2. The average Bonchev–Trinajstić information content (AvgIpc) is 2.39. The summed E-state index contributed by atoms with van der Waals surface area (Å²) in [5.74, 6) is 0.805. The lowest BCUT2D eigenvalue weighted by Gasteiger charge is -2.25. The summed E-state index contributed by atoms with van der Waals surface area (Å²) in [4.78, 5) is 8.05. The minimum absolute atomic E-state index is 0.288. The lowest BCUT2D eigenvalue weighted by molar-refractivity contribution is 0.608. The Hall–Kier alpha value is -1.61. The van der Waals surface area contributed by atoms with Crippen LogP contribution in [0.4, 0.5) is 5.82 Å². The predicted octanol–water partition coefficient (Wildman–Crippen LogP) is 3.10. The van der Waals surface area contributed by atoms with Crippen LogP contribution < -0.4 is 5.32 Å². The highest BCUT2D eigenvalue weighted by molar-refractivity contribution is 6.28. The van der Waals surface area contributed by atoms with Gasteiger partial charge in [-0.1, -0.05) is 24.3 Å². The summed E-state index contributed by atoms with van der Waals surface area (Å²) in [6.07, 6.45) is 4.96. The van der Waals surface area contributed by atoms with Crippen molar-refractivity contribution >= 4 is 17.4 Å². The molecule has 3 nitrogen and oxygen atoms in total. The van der Waals surface area contributed by atoms with Gasteiger partial charge in [0.05, 0.1) is 0 Å². The standard InChI is InChI=1S/C14H14ClN3/c15-14-16-8-7-13(18-14)17-12-6-5-10-3-1-2-4-11(10)9-12/h1-4,7-8,12H,5-6,9H2,(H,16,17,18). The maximum atomic E-state index is 5.78. The van der Waals surface area contributed by atoms with Gasteiger partial charge in [-0.25, -0.2) is 9.97 Å². The molecule has 0 spiro atoms. The van der Waals surface area contributed by atoms with E-state index < -0.39 is 0 Å². The van der Waals surface area contributed by atoms with E-state index in [0.717, 1.165) is 25.1 Å². The largest absolute Gasteiger partial charge is 0.367 e. The Bertz CT molecular complexity index is 556. The molecule has 0 saturated carbocycles. The number of aryl methyl sites for hydroxylation is 1. The molecule has 0 aliphatic heterocycles. The summed E-state index contributed by atoms with van der Waals surface area (Å²) in [6.45, 7) is 0. The fourth-order valence-electron chi connectivity index (χ4n) is 2.45. The zero-order valence-electron chi connectivity index (χ0n) is 9.94. The Balaban J connectivity index is 1.73. The molecule has 4 heteroatoms. The molecule has 1 unspecified atom stereocenters.